The molecule has 2 fully saturated rings. The standard InChI is InChI=1S/C14H22O4/c1-15-12-7-11(13-9-17-14(12)18-13)16-8-10-5-3-2-4-6-10/h2-3,10-14H,4-9H2,1H3/t10?,11-,12+,13+,14+/m0/s1. The van der Waals surface area contributed by atoms with Crippen LogP contribution in [-0.2, 0) is 18.9 Å². The van der Waals surface area contributed by atoms with Gasteiger partial charge in [-0.1, -0.05) is 12.2 Å². The van der Waals surface area contributed by atoms with Crippen LogP contribution in [0, 0.1) is 5.92 Å². The first kappa shape index (κ1) is 12.6. The van der Waals surface area contributed by atoms with Crippen LogP contribution in [0.1, 0.15) is 25.7 Å². The van der Waals surface area contributed by atoms with E-state index in [4.69, 9.17) is 18.9 Å². The molecule has 0 saturated carbocycles. The van der Waals surface area contributed by atoms with Crippen LogP contribution < -0.4 is 0 Å². The molecule has 2 heterocycles. The number of allylic oxidation sites excluding steroid dienone is 2. The van der Waals surface area contributed by atoms with Crippen molar-refractivity contribution in [3.05, 3.63) is 12.2 Å². The summed E-state index contributed by atoms with van der Waals surface area (Å²) in [6, 6.07) is 0. The minimum atomic E-state index is -0.183. The van der Waals surface area contributed by atoms with Gasteiger partial charge in [-0.2, -0.15) is 0 Å². The fourth-order valence-corrected chi connectivity index (χ4v) is 2.97. The van der Waals surface area contributed by atoms with Crippen LogP contribution in [-0.4, -0.2) is 44.9 Å². The average molecular weight is 254 g/mol. The van der Waals surface area contributed by atoms with Crippen LogP contribution in [0.4, 0.5) is 0 Å². The normalized spacial score (nSPS) is 43.3. The van der Waals surface area contributed by atoms with E-state index in [1.54, 1.807) is 7.11 Å². The highest BCUT2D eigenvalue weighted by molar-refractivity contribution is 4.91. The van der Waals surface area contributed by atoms with E-state index in [0.717, 1.165) is 19.4 Å². The topological polar surface area (TPSA) is 36.9 Å². The Hall–Kier alpha value is -0.420. The van der Waals surface area contributed by atoms with Gasteiger partial charge in [0.05, 0.1) is 19.3 Å². The lowest BCUT2D eigenvalue weighted by Crippen LogP contribution is -2.44. The van der Waals surface area contributed by atoms with Gasteiger partial charge in [0.25, 0.3) is 0 Å². The Bertz CT molecular complexity index is 304. The molecule has 0 aromatic rings. The molecule has 2 aliphatic heterocycles. The third-order valence-electron chi connectivity index (χ3n) is 4.14. The van der Waals surface area contributed by atoms with Gasteiger partial charge in [0.2, 0.25) is 0 Å². The maximum Gasteiger partial charge on any atom is 0.184 e. The molecule has 0 aromatic carbocycles. The van der Waals surface area contributed by atoms with E-state index in [1.165, 1.54) is 12.8 Å². The molecule has 4 nitrogen and oxygen atoms in total. The van der Waals surface area contributed by atoms with Crippen LogP contribution in [0.3, 0.4) is 0 Å². The number of fused-ring (bicyclic) bond motifs is 2. The molecule has 1 aliphatic carbocycles. The summed E-state index contributed by atoms with van der Waals surface area (Å²) in [5.41, 5.74) is 0. The van der Waals surface area contributed by atoms with Crippen molar-refractivity contribution in [1.82, 2.24) is 0 Å². The smallest absolute Gasteiger partial charge is 0.184 e. The average Bonchev–Trinajstić information content (AvgIpc) is 2.84. The van der Waals surface area contributed by atoms with E-state index in [0.29, 0.717) is 12.5 Å². The second kappa shape index (κ2) is 5.70. The predicted molar refractivity (Wildman–Crippen MR) is 66.2 cm³/mol. The van der Waals surface area contributed by atoms with E-state index in [1.807, 2.05) is 0 Å². The Morgan fingerprint density at radius 1 is 1.28 bits per heavy atom. The molecule has 3 aliphatic rings. The van der Waals surface area contributed by atoms with E-state index < -0.39 is 0 Å². The van der Waals surface area contributed by atoms with Crippen molar-refractivity contribution in [2.24, 2.45) is 5.92 Å². The Morgan fingerprint density at radius 2 is 2.22 bits per heavy atom. The molecule has 0 radical (unpaired) electrons. The zero-order valence-electron chi connectivity index (χ0n) is 10.9. The summed E-state index contributed by atoms with van der Waals surface area (Å²) in [4.78, 5) is 0. The van der Waals surface area contributed by atoms with Crippen LogP contribution in [0.5, 0.6) is 0 Å². The van der Waals surface area contributed by atoms with Gasteiger partial charge in [-0.25, -0.2) is 0 Å². The largest absolute Gasteiger partial charge is 0.376 e. The lowest BCUT2D eigenvalue weighted by atomic mass is 9.95. The molecule has 0 N–H and O–H groups in total. The highest BCUT2D eigenvalue weighted by Gasteiger charge is 2.44. The monoisotopic (exact) mass is 254 g/mol. The van der Waals surface area contributed by atoms with Crippen LogP contribution in [0.2, 0.25) is 0 Å². The molecule has 1 unspecified atom stereocenters. The molecule has 0 spiro atoms. The molecule has 0 amide bonds. The summed E-state index contributed by atoms with van der Waals surface area (Å²) >= 11 is 0. The van der Waals surface area contributed by atoms with E-state index in [2.05, 4.69) is 12.2 Å². The predicted octanol–water partition coefficient (Wildman–Crippen LogP) is 1.89. The number of rotatable bonds is 4. The third-order valence-corrected chi connectivity index (χ3v) is 4.14. The minimum absolute atomic E-state index is 0.0139. The van der Waals surface area contributed by atoms with Gasteiger partial charge in [0.1, 0.15) is 12.2 Å². The van der Waals surface area contributed by atoms with Gasteiger partial charge in [-0.05, 0) is 25.2 Å². The second-order valence-electron chi connectivity index (χ2n) is 5.41. The molecular weight excluding hydrogens is 232 g/mol. The van der Waals surface area contributed by atoms with Crippen molar-refractivity contribution >= 4 is 0 Å². The Balaban J connectivity index is 1.51. The molecule has 2 saturated heterocycles. The number of methoxy groups -OCH3 is 1. The minimum Gasteiger partial charge on any atom is -0.376 e. The van der Waals surface area contributed by atoms with Gasteiger partial charge >= 0.3 is 0 Å². The van der Waals surface area contributed by atoms with Crippen molar-refractivity contribution in [3.63, 3.8) is 0 Å². The summed E-state index contributed by atoms with van der Waals surface area (Å²) in [5, 5.41) is 0. The maximum atomic E-state index is 6.07. The highest BCUT2D eigenvalue weighted by atomic mass is 16.7. The molecule has 3 rings (SSSR count). The highest BCUT2D eigenvalue weighted by Crippen LogP contribution is 2.31. The Kier molecular flexibility index (Phi) is 3.99. The third kappa shape index (κ3) is 2.62. The van der Waals surface area contributed by atoms with Crippen molar-refractivity contribution in [1.29, 1.82) is 0 Å². The van der Waals surface area contributed by atoms with Gasteiger partial charge < -0.3 is 18.9 Å². The van der Waals surface area contributed by atoms with Crippen molar-refractivity contribution in [2.75, 3.05) is 20.3 Å². The first-order chi connectivity index (χ1) is 8.86. The fraction of sp³-hybridized carbons (Fsp3) is 0.857. The van der Waals surface area contributed by atoms with Crippen molar-refractivity contribution in [2.45, 2.75) is 50.3 Å². The molecule has 0 aromatic heterocycles. The summed E-state index contributed by atoms with van der Waals surface area (Å²) in [6.45, 7) is 1.47. The SMILES string of the molecule is CO[C@@H]1C[C@H](OCC2CC=CCC2)[C@H]2CO[C@@H]1O2. The summed E-state index contributed by atoms with van der Waals surface area (Å²) in [7, 11) is 1.71. The fourth-order valence-electron chi connectivity index (χ4n) is 2.97. The van der Waals surface area contributed by atoms with Crippen LogP contribution >= 0.6 is 0 Å². The zero-order chi connectivity index (χ0) is 12.4. The van der Waals surface area contributed by atoms with E-state index in [-0.39, 0.29) is 24.6 Å². The molecule has 2 bridgehead atoms. The Labute approximate surface area is 108 Å². The first-order valence-corrected chi connectivity index (χ1v) is 6.93. The number of hydrogen-bond donors (Lipinski definition) is 0. The zero-order valence-corrected chi connectivity index (χ0v) is 10.9. The van der Waals surface area contributed by atoms with Gasteiger partial charge in [-0.3, -0.25) is 0 Å². The first-order valence-electron chi connectivity index (χ1n) is 6.93. The molecule has 102 valence electrons. The molecule has 18 heavy (non-hydrogen) atoms. The second-order valence-corrected chi connectivity index (χ2v) is 5.41. The molecule has 5 atom stereocenters. The molecule has 4 heteroatoms. The summed E-state index contributed by atoms with van der Waals surface area (Å²) in [5.74, 6) is 0.663. The van der Waals surface area contributed by atoms with E-state index in [9.17, 15) is 0 Å². The van der Waals surface area contributed by atoms with Gasteiger partial charge in [-0.15, -0.1) is 0 Å². The molecular formula is C14H22O4. The Morgan fingerprint density at radius 3 is 3.00 bits per heavy atom. The van der Waals surface area contributed by atoms with Crippen molar-refractivity contribution < 1.29 is 18.9 Å². The number of hydrogen-bond acceptors (Lipinski definition) is 4. The summed E-state index contributed by atoms with van der Waals surface area (Å²) in [6.07, 6.45) is 9.03. The van der Waals surface area contributed by atoms with Crippen LogP contribution in [0.15, 0.2) is 12.2 Å². The summed E-state index contributed by atoms with van der Waals surface area (Å²) < 4.78 is 22.8. The van der Waals surface area contributed by atoms with E-state index >= 15 is 0 Å². The van der Waals surface area contributed by atoms with Crippen molar-refractivity contribution in [3.8, 4) is 0 Å². The number of ether oxygens (including phenoxy) is 4. The quantitative estimate of drug-likeness (QED) is 0.718. The van der Waals surface area contributed by atoms with Gasteiger partial charge in [0.15, 0.2) is 6.29 Å². The van der Waals surface area contributed by atoms with Crippen LogP contribution in [0.25, 0.3) is 0 Å². The lowest BCUT2D eigenvalue weighted by molar-refractivity contribution is -0.200. The van der Waals surface area contributed by atoms with Gasteiger partial charge in [0, 0.05) is 13.5 Å². The maximum absolute atomic E-state index is 6.07. The lowest BCUT2D eigenvalue weighted by Gasteiger charge is -2.33.